The Bertz CT molecular complexity index is 525. The number of allylic oxidation sites excluding steroid dienone is 1. The third-order valence-corrected chi connectivity index (χ3v) is 3.05. The van der Waals surface area contributed by atoms with Gasteiger partial charge in [-0.05, 0) is 12.5 Å². The largest absolute Gasteiger partial charge is 0.322 e. The van der Waals surface area contributed by atoms with Crippen LogP contribution < -0.4 is 5.32 Å². The van der Waals surface area contributed by atoms with Crippen molar-refractivity contribution in [3.8, 4) is 0 Å². The van der Waals surface area contributed by atoms with Crippen LogP contribution in [0, 0.1) is 10.1 Å². The van der Waals surface area contributed by atoms with E-state index in [-0.39, 0.29) is 11.7 Å². The maximum atomic E-state index is 11.7. The van der Waals surface area contributed by atoms with Gasteiger partial charge in [-0.3, -0.25) is 15.0 Å². The van der Waals surface area contributed by atoms with Crippen molar-refractivity contribution in [1.82, 2.24) is 10.2 Å². The molecule has 1 aromatic carbocycles. The minimum Gasteiger partial charge on any atom is -0.321 e. The summed E-state index contributed by atoms with van der Waals surface area (Å²) in [5.41, 5.74) is 1.06. The Morgan fingerprint density at radius 3 is 2.50 bits per heavy atom. The van der Waals surface area contributed by atoms with Gasteiger partial charge in [0.2, 0.25) is 0 Å². The van der Waals surface area contributed by atoms with Gasteiger partial charge in [0.25, 0.3) is 5.70 Å². The number of urea groups is 1. The number of nitro groups is 1. The standard InChI is InChI=1S/C12H13N3O3/c1-8-11(15(17)18)10(13-12(16)14(8)2)9-6-4-3-5-7-9/h3-7,10H,1-2H3,(H,13,16)/t10-/m0/s1. The number of carbonyl (C=O) groups excluding carboxylic acids is 1. The zero-order valence-corrected chi connectivity index (χ0v) is 10.1. The SMILES string of the molecule is CC1=C([N+](=O)[O-])[C@H](c2ccccc2)NC(=O)N1C. The summed E-state index contributed by atoms with van der Waals surface area (Å²) in [7, 11) is 1.51. The van der Waals surface area contributed by atoms with Gasteiger partial charge in [0.1, 0.15) is 6.04 Å². The first-order chi connectivity index (χ1) is 8.52. The number of carbonyl (C=O) groups is 1. The van der Waals surface area contributed by atoms with Crippen molar-refractivity contribution < 1.29 is 9.72 Å². The second-order valence-electron chi connectivity index (χ2n) is 4.08. The normalized spacial score (nSPS) is 19.8. The first kappa shape index (κ1) is 12.1. The molecule has 0 unspecified atom stereocenters. The predicted octanol–water partition coefficient (Wildman–Crippen LogP) is 1.89. The molecule has 6 nitrogen and oxygen atoms in total. The van der Waals surface area contributed by atoms with Gasteiger partial charge in [-0.1, -0.05) is 30.3 Å². The number of hydrogen-bond acceptors (Lipinski definition) is 3. The molecule has 6 heteroatoms. The zero-order valence-electron chi connectivity index (χ0n) is 10.1. The summed E-state index contributed by atoms with van der Waals surface area (Å²) in [6.45, 7) is 1.58. The van der Waals surface area contributed by atoms with E-state index in [1.807, 2.05) is 6.07 Å². The first-order valence-electron chi connectivity index (χ1n) is 5.46. The molecule has 1 aliphatic heterocycles. The summed E-state index contributed by atoms with van der Waals surface area (Å²) in [6, 6.07) is 7.86. The van der Waals surface area contributed by atoms with Crippen molar-refractivity contribution in [2.24, 2.45) is 0 Å². The lowest BCUT2D eigenvalue weighted by molar-refractivity contribution is -0.433. The smallest absolute Gasteiger partial charge is 0.321 e. The van der Waals surface area contributed by atoms with Gasteiger partial charge < -0.3 is 5.32 Å². The van der Waals surface area contributed by atoms with Gasteiger partial charge in [0.05, 0.1) is 10.6 Å². The summed E-state index contributed by atoms with van der Waals surface area (Å²) in [5.74, 6) is 0. The number of amides is 2. The van der Waals surface area contributed by atoms with Crippen LogP contribution >= 0.6 is 0 Å². The number of nitrogens with one attached hydrogen (secondary N) is 1. The first-order valence-corrected chi connectivity index (χ1v) is 5.46. The molecule has 0 aromatic heterocycles. The van der Waals surface area contributed by atoms with Crippen LogP contribution in [0.3, 0.4) is 0 Å². The third kappa shape index (κ3) is 1.92. The zero-order chi connectivity index (χ0) is 13.3. The average molecular weight is 247 g/mol. The Hall–Kier alpha value is -2.37. The number of hydrogen-bond donors (Lipinski definition) is 1. The monoisotopic (exact) mass is 247 g/mol. The van der Waals surface area contributed by atoms with Gasteiger partial charge in [-0.25, -0.2) is 4.79 Å². The van der Waals surface area contributed by atoms with E-state index >= 15 is 0 Å². The van der Waals surface area contributed by atoms with E-state index in [1.165, 1.54) is 11.9 Å². The Balaban J connectivity index is 2.53. The summed E-state index contributed by atoms with van der Waals surface area (Å²) >= 11 is 0. The van der Waals surface area contributed by atoms with E-state index in [9.17, 15) is 14.9 Å². The molecule has 0 fully saturated rings. The molecule has 1 aliphatic rings. The van der Waals surface area contributed by atoms with Crippen LogP contribution in [-0.2, 0) is 0 Å². The van der Waals surface area contributed by atoms with Crippen molar-refractivity contribution in [2.75, 3.05) is 7.05 Å². The molecule has 0 spiro atoms. The highest BCUT2D eigenvalue weighted by atomic mass is 16.6. The maximum absolute atomic E-state index is 11.7. The molecule has 1 atom stereocenters. The molecule has 2 rings (SSSR count). The summed E-state index contributed by atoms with van der Waals surface area (Å²) in [5, 5.41) is 13.8. The van der Waals surface area contributed by atoms with Crippen LogP contribution in [0.5, 0.6) is 0 Å². The van der Waals surface area contributed by atoms with Crippen molar-refractivity contribution >= 4 is 6.03 Å². The highest BCUT2D eigenvalue weighted by Gasteiger charge is 2.37. The van der Waals surface area contributed by atoms with Gasteiger partial charge in [-0.2, -0.15) is 0 Å². The Kier molecular flexibility index (Phi) is 3.01. The molecule has 0 saturated carbocycles. The molecule has 1 aromatic rings. The quantitative estimate of drug-likeness (QED) is 0.640. The lowest BCUT2D eigenvalue weighted by Gasteiger charge is -2.29. The van der Waals surface area contributed by atoms with Crippen LogP contribution in [-0.4, -0.2) is 22.9 Å². The predicted molar refractivity (Wildman–Crippen MR) is 65.2 cm³/mol. The Labute approximate surface area is 104 Å². The van der Waals surface area contributed by atoms with Gasteiger partial charge >= 0.3 is 6.03 Å². The van der Waals surface area contributed by atoms with Crippen LogP contribution in [0.2, 0.25) is 0 Å². The highest BCUT2D eigenvalue weighted by molar-refractivity contribution is 5.78. The second kappa shape index (κ2) is 4.48. The van der Waals surface area contributed by atoms with Crippen LogP contribution in [0.1, 0.15) is 18.5 Å². The number of rotatable bonds is 2. The molecule has 0 saturated heterocycles. The van der Waals surface area contributed by atoms with Crippen LogP contribution in [0.15, 0.2) is 41.7 Å². The van der Waals surface area contributed by atoms with Gasteiger partial charge in [0, 0.05) is 7.05 Å². The Morgan fingerprint density at radius 2 is 1.94 bits per heavy atom. The number of nitrogens with zero attached hydrogens (tertiary/aromatic N) is 2. The fourth-order valence-electron chi connectivity index (χ4n) is 1.95. The van der Waals surface area contributed by atoms with E-state index in [0.29, 0.717) is 11.3 Å². The summed E-state index contributed by atoms with van der Waals surface area (Å²) in [6.07, 6.45) is 0. The maximum Gasteiger partial charge on any atom is 0.322 e. The van der Waals surface area contributed by atoms with E-state index in [1.54, 1.807) is 31.2 Å². The fourth-order valence-corrected chi connectivity index (χ4v) is 1.95. The van der Waals surface area contributed by atoms with Crippen molar-refractivity contribution in [1.29, 1.82) is 0 Å². The minimum absolute atomic E-state index is 0.00306. The van der Waals surface area contributed by atoms with E-state index < -0.39 is 11.0 Å². The van der Waals surface area contributed by atoms with Crippen molar-refractivity contribution in [3.63, 3.8) is 0 Å². The molecule has 1 heterocycles. The number of benzene rings is 1. The molecule has 0 aliphatic carbocycles. The van der Waals surface area contributed by atoms with Crippen molar-refractivity contribution in [3.05, 3.63) is 57.4 Å². The molecular formula is C12H13N3O3. The molecule has 0 bridgehead atoms. The van der Waals surface area contributed by atoms with Gasteiger partial charge in [-0.15, -0.1) is 0 Å². The lowest BCUT2D eigenvalue weighted by Crippen LogP contribution is -2.45. The van der Waals surface area contributed by atoms with Crippen LogP contribution in [0.25, 0.3) is 0 Å². The molecule has 94 valence electrons. The van der Waals surface area contributed by atoms with E-state index in [4.69, 9.17) is 0 Å². The van der Waals surface area contributed by atoms with E-state index in [0.717, 1.165) is 0 Å². The summed E-state index contributed by atoms with van der Waals surface area (Å²) < 4.78 is 0. The Morgan fingerprint density at radius 1 is 1.33 bits per heavy atom. The fraction of sp³-hybridized carbons (Fsp3) is 0.250. The summed E-state index contributed by atoms with van der Waals surface area (Å²) in [4.78, 5) is 23.7. The lowest BCUT2D eigenvalue weighted by atomic mass is 10.0. The second-order valence-corrected chi connectivity index (χ2v) is 4.08. The molecule has 1 N–H and O–H groups in total. The third-order valence-electron chi connectivity index (χ3n) is 3.05. The molecule has 0 radical (unpaired) electrons. The minimum atomic E-state index is -0.704. The molecule has 18 heavy (non-hydrogen) atoms. The van der Waals surface area contributed by atoms with Crippen LogP contribution in [0.4, 0.5) is 4.79 Å². The van der Waals surface area contributed by atoms with Crippen molar-refractivity contribution in [2.45, 2.75) is 13.0 Å². The van der Waals surface area contributed by atoms with E-state index in [2.05, 4.69) is 5.32 Å². The molecule has 2 amide bonds. The van der Waals surface area contributed by atoms with Gasteiger partial charge in [0.15, 0.2) is 0 Å². The topological polar surface area (TPSA) is 75.5 Å². The molecular weight excluding hydrogens is 234 g/mol. The average Bonchev–Trinajstić information content (AvgIpc) is 2.36. The highest BCUT2D eigenvalue weighted by Crippen LogP contribution is 2.29.